The molecule has 0 radical (unpaired) electrons. The summed E-state index contributed by atoms with van der Waals surface area (Å²) in [4.78, 5) is 13.0. The van der Waals surface area contributed by atoms with Crippen LogP contribution in [0.15, 0.2) is 12.2 Å². The predicted octanol–water partition coefficient (Wildman–Crippen LogP) is 6.75. The minimum Gasteiger partial charge on any atom is -0.394 e. The van der Waals surface area contributed by atoms with Crippen molar-refractivity contribution in [1.29, 1.82) is 0 Å². The van der Waals surface area contributed by atoms with Gasteiger partial charge in [-0.1, -0.05) is 174 Å². The van der Waals surface area contributed by atoms with Crippen molar-refractivity contribution >= 4 is 5.91 Å². The van der Waals surface area contributed by atoms with E-state index in [1.165, 1.54) is 116 Å². The summed E-state index contributed by atoms with van der Waals surface area (Å²) in [6.45, 7) is 3.58. The van der Waals surface area contributed by atoms with Crippen LogP contribution in [0.3, 0.4) is 0 Å². The second-order valence-corrected chi connectivity index (χ2v) is 14.9. The van der Waals surface area contributed by atoms with Crippen LogP contribution in [0.4, 0.5) is 0 Å². The van der Waals surface area contributed by atoms with Gasteiger partial charge in [0.1, 0.15) is 30.5 Å². The Hall–Kier alpha value is -1.11. The van der Waals surface area contributed by atoms with Crippen LogP contribution in [-0.2, 0) is 14.3 Å². The molecule has 0 saturated carbocycles. The van der Waals surface area contributed by atoms with E-state index in [2.05, 4.69) is 19.2 Å². The van der Waals surface area contributed by atoms with Gasteiger partial charge >= 0.3 is 0 Å². The van der Waals surface area contributed by atoms with E-state index in [0.29, 0.717) is 6.42 Å². The zero-order chi connectivity index (χ0) is 37.5. The lowest BCUT2D eigenvalue weighted by Gasteiger charge is -2.40. The second kappa shape index (κ2) is 32.3. The van der Waals surface area contributed by atoms with E-state index in [1.807, 2.05) is 6.08 Å². The number of allylic oxidation sites excluding steroid dienone is 1. The van der Waals surface area contributed by atoms with E-state index in [1.54, 1.807) is 6.08 Å². The number of aliphatic hydroxyl groups excluding tert-OH is 6. The smallest absolute Gasteiger partial charge is 0.249 e. The number of aliphatic hydroxyl groups is 6. The standard InChI is InChI=1S/C41H79NO9/c1-3-5-7-9-11-13-15-16-17-18-20-21-23-25-27-29-34(44)33(32-50-41-39(48)38(47)37(46)36(31-43)51-41)42-40(49)35(45)30-28-26-24-22-19-14-12-10-8-6-4-2/h27,29,33-39,41,43-48H,3-26,28,30-32H2,1-2H3,(H,42,49)/b29-27+. The van der Waals surface area contributed by atoms with Gasteiger partial charge in [-0.2, -0.15) is 0 Å². The molecule has 302 valence electrons. The van der Waals surface area contributed by atoms with E-state index < -0.39 is 61.5 Å². The molecule has 1 rings (SSSR count). The Morgan fingerprint density at radius 3 is 1.59 bits per heavy atom. The van der Waals surface area contributed by atoms with Crippen LogP contribution in [0.5, 0.6) is 0 Å². The number of amides is 1. The van der Waals surface area contributed by atoms with Crippen molar-refractivity contribution in [2.24, 2.45) is 0 Å². The first-order valence-electron chi connectivity index (χ1n) is 21.0. The van der Waals surface area contributed by atoms with Crippen LogP contribution >= 0.6 is 0 Å². The summed E-state index contributed by atoms with van der Waals surface area (Å²) in [6.07, 6.45) is 24.4. The van der Waals surface area contributed by atoms with Crippen molar-refractivity contribution in [3.63, 3.8) is 0 Å². The van der Waals surface area contributed by atoms with Gasteiger partial charge in [-0.3, -0.25) is 4.79 Å². The Bertz CT molecular complexity index is 829. The Labute approximate surface area is 310 Å². The van der Waals surface area contributed by atoms with Crippen LogP contribution in [-0.4, -0.2) is 98.7 Å². The molecule has 1 heterocycles. The average Bonchev–Trinajstić information content (AvgIpc) is 3.13. The van der Waals surface area contributed by atoms with Crippen molar-refractivity contribution in [3.05, 3.63) is 12.2 Å². The zero-order valence-corrected chi connectivity index (χ0v) is 32.5. The monoisotopic (exact) mass is 730 g/mol. The first-order valence-corrected chi connectivity index (χ1v) is 21.0. The SMILES string of the molecule is CCCCCCCCCCCCCCC/C=C/C(O)C(COC1OC(CO)C(O)C(O)C1O)NC(=O)C(O)CCCCCCCCCCCCC. The van der Waals surface area contributed by atoms with E-state index in [9.17, 15) is 35.4 Å². The lowest BCUT2D eigenvalue weighted by Crippen LogP contribution is -2.60. The minimum absolute atomic E-state index is 0.302. The van der Waals surface area contributed by atoms with Gasteiger partial charge in [0.25, 0.3) is 0 Å². The first kappa shape index (κ1) is 47.9. The summed E-state index contributed by atoms with van der Waals surface area (Å²) in [5, 5.41) is 64.4. The third-order valence-electron chi connectivity index (χ3n) is 10.2. The highest BCUT2D eigenvalue weighted by Gasteiger charge is 2.44. The number of ether oxygens (including phenoxy) is 2. The van der Waals surface area contributed by atoms with Crippen LogP contribution in [0.1, 0.15) is 181 Å². The van der Waals surface area contributed by atoms with Gasteiger partial charge < -0.3 is 45.4 Å². The maximum atomic E-state index is 13.0. The van der Waals surface area contributed by atoms with Gasteiger partial charge in [-0.05, 0) is 19.3 Å². The molecule has 1 amide bonds. The van der Waals surface area contributed by atoms with Crippen LogP contribution in [0.2, 0.25) is 0 Å². The molecule has 1 aliphatic rings. The lowest BCUT2D eigenvalue weighted by molar-refractivity contribution is -0.302. The molecule has 8 atom stereocenters. The Morgan fingerprint density at radius 2 is 1.12 bits per heavy atom. The van der Waals surface area contributed by atoms with E-state index in [0.717, 1.165) is 44.9 Å². The Morgan fingerprint density at radius 1 is 0.667 bits per heavy atom. The Balaban J connectivity index is 2.48. The highest BCUT2D eigenvalue weighted by atomic mass is 16.7. The molecule has 8 unspecified atom stereocenters. The molecule has 0 aromatic carbocycles. The second-order valence-electron chi connectivity index (χ2n) is 14.9. The van der Waals surface area contributed by atoms with Gasteiger partial charge in [-0.25, -0.2) is 0 Å². The number of unbranched alkanes of at least 4 members (excludes halogenated alkanes) is 23. The molecule has 1 saturated heterocycles. The maximum Gasteiger partial charge on any atom is 0.249 e. The highest BCUT2D eigenvalue weighted by molar-refractivity contribution is 5.80. The molecular weight excluding hydrogens is 650 g/mol. The first-order chi connectivity index (χ1) is 24.8. The van der Waals surface area contributed by atoms with E-state index in [-0.39, 0.29) is 6.61 Å². The largest absolute Gasteiger partial charge is 0.394 e. The molecule has 51 heavy (non-hydrogen) atoms. The van der Waals surface area contributed by atoms with Gasteiger partial charge in [-0.15, -0.1) is 0 Å². The summed E-state index contributed by atoms with van der Waals surface area (Å²) in [5.74, 6) is -0.617. The molecule has 1 fully saturated rings. The summed E-state index contributed by atoms with van der Waals surface area (Å²) in [5.41, 5.74) is 0. The lowest BCUT2D eigenvalue weighted by atomic mass is 9.99. The fourth-order valence-electron chi connectivity index (χ4n) is 6.69. The third-order valence-corrected chi connectivity index (χ3v) is 10.2. The number of nitrogens with one attached hydrogen (secondary N) is 1. The molecule has 10 nitrogen and oxygen atoms in total. The van der Waals surface area contributed by atoms with Crippen molar-refractivity contribution in [1.82, 2.24) is 5.32 Å². The number of carbonyl (C=O) groups is 1. The van der Waals surface area contributed by atoms with E-state index in [4.69, 9.17) is 9.47 Å². The zero-order valence-electron chi connectivity index (χ0n) is 32.5. The molecule has 0 aliphatic carbocycles. The third kappa shape index (κ3) is 23.3. The quantitative estimate of drug-likeness (QED) is 0.0280. The normalized spacial score (nSPS) is 22.7. The van der Waals surface area contributed by atoms with Crippen LogP contribution in [0.25, 0.3) is 0 Å². The summed E-state index contributed by atoms with van der Waals surface area (Å²) in [7, 11) is 0. The molecule has 1 aliphatic heterocycles. The number of hydrogen-bond donors (Lipinski definition) is 7. The number of carbonyl (C=O) groups excluding carboxylic acids is 1. The van der Waals surface area contributed by atoms with Gasteiger partial charge in [0.2, 0.25) is 5.91 Å². The van der Waals surface area contributed by atoms with Crippen molar-refractivity contribution in [3.8, 4) is 0 Å². The summed E-state index contributed by atoms with van der Waals surface area (Å²) in [6, 6.07) is -0.972. The molecule has 0 aromatic rings. The minimum atomic E-state index is -1.60. The fourth-order valence-corrected chi connectivity index (χ4v) is 6.69. The van der Waals surface area contributed by atoms with Crippen LogP contribution < -0.4 is 5.32 Å². The van der Waals surface area contributed by atoms with Gasteiger partial charge in [0.15, 0.2) is 6.29 Å². The Kier molecular flexibility index (Phi) is 30.4. The van der Waals surface area contributed by atoms with E-state index >= 15 is 0 Å². The molecule has 0 bridgehead atoms. The van der Waals surface area contributed by atoms with Crippen molar-refractivity contribution in [2.75, 3.05) is 13.2 Å². The summed E-state index contributed by atoms with van der Waals surface area (Å²) >= 11 is 0. The fraction of sp³-hybridized carbons (Fsp3) is 0.927. The predicted molar refractivity (Wildman–Crippen MR) is 204 cm³/mol. The summed E-state index contributed by atoms with van der Waals surface area (Å²) < 4.78 is 11.1. The maximum absolute atomic E-state index is 13.0. The molecule has 10 heteroatoms. The number of rotatable bonds is 34. The number of hydrogen-bond acceptors (Lipinski definition) is 9. The van der Waals surface area contributed by atoms with Gasteiger partial charge in [0.05, 0.1) is 25.4 Å². The van der Waals surface area contributed by atoms with Crippen molar-refractivity contribution < 1.29 is 44.9 Å². The molecular formula is C41H79NO9. The topological polar surface area (TPSA) is 169 Å². The van der Waals surface area contributed by atoms with Gasteiger partial charge in [0, 0.05) is 0 Å². The molecule has 7 N–H and O–H groups in total. The molecule has 0 aromatic heterocycles. The van der Waals surface area contributed by atoms with Crippen molar-refractivity contribution in [2.45, 2.75) is 230 Å². The molecule has 0 spiro atoms. The highest BCUT2D eigenvalue weighted by Crippen LogP contribution is 2.22. The van der Waals surface area contributed by atoms with Crippen LogP contribution in [0, 0.1) is 0 Å². The average molecular weight is 730 g/mol.